The lowest BCUT2D eigenvalue weighted by molar-refractivity contribution is 0.0696. The van der Waals surface area contributed by atoms with Crippen LogP contribution in [-0.4, -0.2) is 47.0 Å². The maximum absolute atomic E-state index is 12.0. The molecule has 1 aromatic rings. The second kappa shape index (κ2) is 6.78. The molecular formula is C14H20N2O3. The summed E-state index contributed by atoms with van der Waals surface area (Å²) >= 11 is 0. The first kappa shape index (κ1) is 15.0. The summed E-state index contributed by atoms with van der Waals surface area (Å²) in [5.41, 5.74) is 1.16. The third kappa shape index (κ3) is 3.98. The van der Waals surface area contributed by atoms with Gasteiger partial charge in [-0.1, -0.05) is 12.1 Å². The van der Waals surface area contributed by atoms with Gasteiger partial charge in [0.2, 0.25) is 0 Å². The van der Waals surface area contributed by atoms with Gasteiger partial charge >= 0.3 is 12.0 Å². The zero-order chi connectivity index (χ0) is 14.4. The van der Waals surface area contributed by atoms with Crippen molar-refractivity contribution < 1.29 is 14.7 Å². The van der Waals surface area contributed by atoms with Crippen LogP contribution in [0.3, 0.4) is 0 Å². The molecule has 0 spiro atoms. The van der Waals surface area contributed by atoms with E-state index in [-0.39, 0.29) is 11.6 Å². The monoisotopic (exact) mass is 264 g/mol. The molecule has 0 bridgehead atoms. The van der Waals surface area contributed by atoms with Crippen molar-refractivity contribution in [3.63, 3.8) is 0 Å². The lowest BCUT2D eigenvalue weighted by Gasteiger charge is -2.26. The summed E-state index contributed by atoms with van der Waals surface area (Å²) in [5.74, 6) is -0.945. The summed E-state index contributed by atoms with van der Waals surface area (Å²) in [6, 6.07) is 6.54. The van der Waals surface area contributed by atoms with Gasteiger partial charge in [0.1, 0.15) is 0 Å². The minimum atomic E-state index is -0.945. The molecule has 1 aromatic carbocycles. The van der Waals surface area contributed by atoms with Crippen molar-refractivity contribution in [2.24, 2.45) is 0 Å². The van der Waals surface area contributed by atoms with Crippen LogP contribution in [-0.2, 0) is 6.54 Å². The summed E-state index contributed by atoms with van der Waals surface area (Å²) in [4.78, 5) is 26.2. The molecule has 0 fully saturated rings. The highest BCUT2D eigenvalue weighted by Crippen LogP contribution is 2.08. The molecule has 1 rings (SSSR count). The maximum atomic E-state index is 12.0. The number of carboxylic acid groups (broad SMARTS) is 1. The summed E-state index contributed by atoms with van der Waals surface area (Å²) in [6.07, 6.45) is 0. The van der Waals surface area contributed by atoms with Gasteiger partial charge in [0, 0.05) is 26.7 Å². The maximum Gasteiger partial charge on any atom is 0.335 e. The highest BCUT2D eigenvalue weighted by molar-refractivity contribution is 5.87. The number of hydrogen-bond donors (Lipinski definition) is 1. The Balaban J connectivity index is 2.68. The number of hydrogen-bond acceptors (Lipinski definition) is 2. The first-order chi connectivity index (χ1) is 8.99. The standard InChI is InChI=1S/C14H20N2O3/c1-4-16(5-2)14(19)15(3)10-11-6-8-12(9-7-11)13(17)18/h6-9H,4-5,10H2,1-3H3,(H,17,18). The van der Waals surface area contributed by atoms with Crippen molar-refractivity contribution in [3.05, 3.63) is 35.4 Å². The summed E-state index contributed by atoms with van der Waals surface area (Å²) in [5, 5.41) is 8.81. The fourth-order valence-corrected chi connectivity index (χ4v) is 1.83. The molecule has 0 aliphatic rings. The number of carbonyl (C=O) groups excluding carboxylic acids is 1. The van der Waals surface area contributed by atoms with E-state index in [9.17, 15) is 9.59 Å². The summed E-state index contributed by atoms with van der Waals surface area (Å²) in [6.45, 7) is 5.71. The highest BCUT2D eigenvalue weighted by Gasteiger charge is 2.14. The number of urea groups is 1. The Hall–Kier alpha value is -2.04. The van der Waals surface area contributed by atoms with E-state index >= 15 is 0 Å². The van der Waals surface area contributed by atoms with E-state index in [1.807, 2.05) is 13.8 Å². The zero-order valence-electron chi connectivity index (χ0n) is 11.6. The van der Waals surface area contributed by atoms with Crippen LogP contribution in [0.1, 0.15) is 29.8 Å². The molecule has 0 aliphatic heterocycles. The summed E-state index contributed by atoms with van der Waals surface area (Å²) in [7, 11) is 1.74. The van der Waals surface area contributed by atoms with Crippen molar-refractivity contribution in [2.75, 3.05) is 20.1 Å². The van der Waals surface area contributed by atoms with Gasteiger partial charge in [0.05, 0.1) is 5.56 Å². The number of carbonyl (C=O) groups is 2. The van der Waals surface area contributed by atoms with Crippen LogP contribution in [0.25, 0.3) is 0 Å². The molecule has 104 valence electrons. The predicted octanol–water partition coefficient (Wildman–Crippen LogP) is 2.28. The number of carboxylic acids is 1. The van der Waals surface area contributed by atoms with Crippen LogP contribution < -0.4 is 0 Å². The molecule has 0 saturated carbocycles. The molecule has 5 nitrogen and oxygen atoms in total. The normalized spacial score (nSPS) is 10.1. The fourth-order valence-electron chi connectivity index (χ4n) is 1.83. The first-order valence-electron chi connectivity index (χ1n) is 6.31. The summed E-state index contributed by atoms with van der Waals surface area (Å²) < 4.78 is 0. The second-order valence-electron chi connectivity index (χ2n) is 4.31. The van der Waals surface area contributed by atoms with Crippen LogP contribution in [0, 0.1) is 0 Å². The quantitative estimate of drug-likeness (QED) is 0.887. The van der Waals surface area contributed by atoms with Gasteiger partial charge in [0.15, 0.2) is 0 Å². The van der Waals surface area contributed by atoms with Gasteiger partial charge in [-0.2, -0.15) is 0 Å². The SMILES string of the molecule is CCN(CC)C(=O)N(C)Cc1ccc(C(=O)O)cc1. The molecule has 0 saturated heterocycles. The van der Waals surface area contributed by atoms with Crippen LogP contribution in [0.15, 0.2) is 24.3 Å². The predicted molar refractivity (Wildman–Crippen MR) is 73.2 cm³/mol. The molecule has 0 radical (unpaired) electrons. The lowest BCUT2D eigenvalue weighted by atomic mass is 10.1. The van der Waals surface area contributed by atoms with E-state index in [0.29, 0.717) is 19.6 Å². The average Bonchev–Trinajstić information content (AvgIpc) is 2.40. The largest absolute Gasteiger partial charge is 0.478 e. The van der Waals surface area contributed by atoms with Gasteiger partial charge in [0.25, 0.3) is 0 Å². The Bertz CT molecular complexity index is 439. The Kier molecular flexibility index (Phi) is 5.36. The van der Waals surface area contributed by atoms with E-state index < -0.39 is 5.97 Å². The average molecular weight is 264 g/mol. The van der Waals surface area contributed by atoms with Gasteiger partial charge in [-0.15, -0.1) is 0 Å². The molecule has 2 amide bonds. The molecule has 0 atom stereocenters. The molecule has 0 unspecified atom stereocenters. The Morgan fingerprint density at radius 1 is 1.11 bits per heavy atom. The van der Waals surface area contributed by atoms with Crippen molar-refractivity contribution in [1.82, 2.24) is 9.80 Å². The second-order valence-corrected chi connectivity index (χ2v) is 4.31. The van der Waals surface area contributed by atoms with Crippen molar-refractivity contribution >= 4 is 12.0 Å². The van der Waals surface area contributed by atoms with Crippen LogP contribution in [0.4, 0.5) is 4.79 Å². The van der Waals surface area contributed by atoms with Gasteiger partial charge in [-0.3, -0.25) is 0 Å². The molecule has 0 aromatic heterocycles. The van der Waals surface area contributed by atoms with E-state index in [0.717, 1.165) is 5.56 Å². The zero-order valence-corrected chi connectivity index (χ0v) is 11.6. The Morgan fingerprint density at radius 2 is 1.63 bits per heavy atom. The van der Waals surface area contributed by atoms with Gasteiger partial charge in [-0.25, -0.2) is 9.59 Å². The third-order valence-corrected chi connectivity index (χ3v) is 2.98. The smallest absolute Gasteiger partial charge is 0.335 e. The van der Waals surface area contributed by atoms with Crippen molar-refractivity contribution in [3.8, 4) is 0 Å². The lowest BCUT2D eigenvalue weighted by Crippen LogP contribution is -2.40. The van der Waals surface area contributed by atoms with E-state index in [1.165, 1.54) is 0 Å². The van der Waals surface area contributed by atoms with Crippen molar-refractivity contribution in [1.29, 1.82) is 0 Å². The molecule has 5 heteroatoms. The topological polar surface area (TPSA) is 60.9 Å². The highest BCUT2D eigenvalue weighted by atomic mass is 16.4. The van der Waals surface area contributed by atoms with Gasteiger partial charge < -0.3 is 14.9 Å². The Labute approximate surface area is 113 Å². The minimum Gasteiger partial charge on any atom is -0.478 e. The van der Waals surface area contributed by atoms with E-state index in [2.05, 4.69) is 0 Å². The number of nitrogens with zero attached hydrogens (tertiary/aromatic N) is 2. The van der Waals surface area contributed by atoms with Gasteiger partial charge in [-0.05, 0) is 31.5 Å². The Morgan fingerprint density at radius 3 is 2.05 bits per heavy atom. The van der Waals surface area contributed by atoms with Crippen LogP contribution in [0.2, 0.25) is 0 Å². The molecule has 0 aliphatic carbocycles. The fraction of sp³-hybridized carbons (Fsp3) is 0.429. The molecular weight excluding hydrogens is 244 g/mol. The molecule has 19 heavy (non-hydrogen) atoms. The number of amides is 2. The number of benzene rings is 1. The number of aromatic carboxylic acids is 1. The van der Waals surface area contributed by atoms with Crippen molar-refractivity contribution in [2.45, 2.75) is 20.4 Å². The van der Waals surface area contributed by atoms with Crippen LogP contribution >= 0.6 is 0 Å². The first-order valence-corrected chi connectivity index (χ1v) is 6.31. The van der Waals surface area contributed by atoms with E-state index in [1.54, 1.807) is 41.1 Å². The van der Waals surface area contributed by atoms with E-state index in [4.69, 9.17) is 5.11 Å². The minimum absolute atomic E-state index is 0.0210. The third-order valence-electron chi connectivity index (χ3n) is 2.98. The molecule has 0 heterocycles. The molecule has 1 N–H and O–H groups in total. The number of rotatable bonds is 5. The van der Waals surface area contributed by atoms with Crippen LogP contribution in [0.5, 0.6) is 0 Å².